The minimum atomic E-state index is 0.300. The second-order valence-electron chi connectivity index (χ2n) is 6.35. The first-order valence-corrected chi connectivity index (χ1v) is 8.62. The molecule has 1 fully saturated rings. The third-order valence-electron chi connectivity index (χ3n) is 4.11. The summed E-state index contributed by atoms with van der Waals surface area (Å²) in [7, 11) is 2.16. The molecule has 4 heteroatoms. The highest BCUT2D eigenvalue weighted by molar-refractivity contribution is 9.10. The van der Waals surface area contributed by atoms with Gasteiger partial charge in [0, 0.05) is 24.7 Å². The maximum Gasteiger partial charge on any atom is 0.0750 e. The molecule has 1 aromatic rings. The molecule has 0 amide bonds. The zero-order chi connectivity index (χ0) is 15.4. The molecule has 2 atom stereocenters. The summed E-state index contributed by atoms with van der Waals surface area (Å²) in [6.07, 6.45) is 1.40. The van der Waals surface area contributed by atoms with Crippen molar-refractivity contribution in [2.24, 2.45) is 5.92 Å². The summed E-state index contributed by atoms with van der Waals surface area (Å²) in [4.78, 5) is 2.34. The number of halogens is 1. The van der Waals surface area contributed by atoms with E-state index in [1.807, 2.05) is 0 Å². The number of hydrogen-bond acceptors (Lipinski definition) is 3. The highest BCUT2D eigenvalue weighted by atomic mass is 79.9. The molecular weight excluding hydrogens is 328 g/mol. The zero-order valence-corrected chi connectivity index (χ0v) is 15.1. The summed E-state index contributed by atoms with van der Waals surface area (Å²) in [6, 6.07) is 7.11. The Hall–Kier alpha value is -0.580. The molecular formula is C17H27BrN2O. The first-order valence-electron chi connectivity index (χ1n) is 7.82. The Morgan fingerprint density at radius 3 is 2.76 bits per heavy atom. The molecule has 118 valence electrons. The van der Waals surface area contributed by atoms with E-state index in [0.717, 1.165) is 30.6 Å². The van der Waals surface area contributed by atoms with Gasteiger partial charge in [-0.1, -0.05) is 19.9 Å². The summed E-state index contributed by atoms with van der Waals surface area (Å²) >= 11 is 3.73. The van der Waals surface area contributed by atoms with Crippen molar-refractivity contribution in [3.05, 3.63) is 28.2 Å². The van der Waals surface area contributed by atoms with Gasteiger partial charge in [-0.3, -0.25) is 0 Å². The predicted octanol–water partition coefficient (Wildman–Crippen LogP) is 3.81. The molecule has 0 aliphatic carbocycles. The lowest BCUT2D eigenvalue weighted by atomic mass is 10.1. The Labute approximate surface area is 137 Å². The van der Waals surface area contributed by atoms with Gasteiger partial charge in [-0.2, -0.15) is 0 Å². The Kier molecular flexibility index (Phi) is 6.08. The first-order chi connectivity index (χ1) is 9.99. The van der Waals surface area contributed by atoms with Crippen LogP contribution in [-0.2, 0) is 11.3 Å². The molecule has 0 spiro atoms. The van der Waals surface area contributed by atoms with E-state index < -0.39 is 0 Å². The number of hydrogen-bond donors (Lipinski definition) is 1. The van der Waals surface area contributed by atoms with Crippen molar-refractivity contribution in [2.75, 3.05) is 25.1 Å². The van der Waals surface area contributed by atoms with Crippen LogP contribution in [0.2, 0.25) is 0 Å². The van der Waals surface area contributed by atoms with E-state index in [9.17, 15) is 0 Å². The number of nitrogens with zero attached hydrogens (tertiary/aromatic N) is 1. The molecule has 1 aliphatic heterocycles. The summed E-state index contributed by atoms with van der Waals surface area (Å²) in [5.74, 6) is 0.683. The van der Waals surface area contributed by atoms with Crippen molar-refractivity contribution >= 4 is 21.6 Å². The van der Waals surface area contributed by atoms with Crippen molar-refractivity contribution in [2.45, 2.75) is 45.9 Å². The van der Waals surface area contributed by atoms with Gasteiger partial charge in [-0.05, 0) is 59.4 Å². The van der Waals surface area contributed by atoms with Crippen LogP contribution in [0.3, 0.4) is 0 Å². The Morgan fingerprint density at radius 1 is 1.43 bits per heavy atom. The van der Waals surface area contributed by atoms with Crippen LogP contribution < -0.4 is 10.2 Å². The largest absolute Gasteiger partial charge is 0.376 e. The molecule has 1 aliphatic rings. The zero-order valence-electron chi connectivity index (χ0n) is 13.5. The maximum absolute atomic E-state index is 5.68. The van der Waals surface area contributed by atoms with Gasteiger partial charge in [0.05, 0.1) is 17.8 Å². The molecule has 2 rings (SSSR count). The predicted molar refractivity (Wildman–Crippen MR) is 92.9 cm³/mol. The summed E-state index contributed by atoms with van der Waals surface area (Å²) in [5.41, 5.74) is 2.56. The molecule has 1 aromatic carbocycles. The average Bonchev–Trinajstić information content (AvgIpc) is 2.84. The fourth-order valence-corrected chi connectivity index (χ4v) is 3.57. The van der Waals surface area contributed by atoms with Crippen LogP contribution in [-0.4, -0.2) is 32.3 Å². The van der Waals surface area contributed by atoms with E-state index in [0.29, 0.717) is 18.1 Å². The summed E-state index contributed by atoms with van der Waals surface area (Å²) < 4.78 is 6.84. The molecule has 2 unspecified atom stereocenters. The monoisotopic (exact) mass is 354 g/mol. The maximum atomic E-state index is 5.68. The van der Waals surface area contributed by atoms with Gasteiger partial charge in [0.1, 0.15) is 0 Å². The van der Waals surface area contributed by atoms with E-state index in [-0.39, 0.29) is 0 Å². The second-order valence-corrected chi connectivity index (χ2v) is 7.21. The molecule has 0 radical (unpaired) electrons. The lowest BCUT2D eigenvalue weighted by molar-refractivity contribution is 0.118. The SMILES string of the molecule is CC(C)CNCc1ccc(N(C)C2CCOC2C)c(Br)c1. The van der Waals surface area contributed by atoms with E-state index in [2.05, 4.69) is 72.2 Å². The fraction of sp³-hybridized carbons (Fsp3) is 0.647. The van der Waals surface area contributed by atoms with Crippen LogP contribution in [0.4, 0.5) is 5.69 Å². The van der Waals surface area contributed by atoms with Crippen LogP contribution in [0.25, 0.3) is 0 Å². The number of anilines is 1. The molecule has 0 aromatic heterocycles. The normalized spacial score (nSPS) is 22.0. The minimum Gasteiger partial charge on any atom is -0.376 e. The third-order valence-corrected chi connectivity index (χ3v) is 4.74. The van der Waals surface area contributed by atoms with Gasteiger partial charge >= 0.3 is 0 Å². The number of ether oxygens (including phenoxy) is 1. The van der Waals surface area contributed by atoms with Gasteiger partial charge in [0.2, 0.25) is 0 Å². The number of benzene rings is 1. The van der Waals surface area contributed by atoms with Crippen molar-refractivity contribution < 1.29 is 4.74 Å². The van der Waals surface area contributed by atoms with Crippen LogP contribution in [0.5, 0.6) is 0 Å². The molecule has 3 nitrogen and oxygen atoms in total. The number of rotatable bonds is 6. The van der Waals surface area contributed by atoms with Crippen LogP contribution in [0.15, 0.2) is 22.7 Å². The van der Waals surface area contributed by atoms with Crippen LogP contribution >= 0.6 is 15.9 Å². The minimum absolute atomic E-state index is 0.300. The van der Waals surface area contributed by atoms with Crippen LogP contribution in [0.1, 0.15) is 32.8 Å². The number of likely N-dealkylation sites (N-methyl/N-ethyl adjacent to an activating group) is 1. The van der Waals surface area contributed by atoms with Gasteiger partial charge in [0.25, 0.3) is 0 Å². The lowest BCUT2D eigenvalue weighted by Gasteiger charge is -2.30. The topological polar surface area (TPSA) is 24.5 Å². The lowest BCUT2D eigenvalue weighted by Crippen LogP contribution is -2.36. The molecule has 0 saturated carbocycles. The summed E-state index contributed by atoms with van der Waals surface area (Å²) in [6.45, 7) is 9.45. The Balaban J connectivity index is 2.01. The molecule has 1 saturated heterocycles. The van der Waals surface area contributed by atoms with Gasteiger partial charge in [-0.25, -0.2) is 0 Å². The number of nitrogens with one attached hydrogen (secondary N) is 1. The van der Waals surface area contributed by atoms with E-state index in [1.54, 1.807) is 0 Å². The standard InChI is InChI=1S/C17H27BrN2O/c1-12(2)10-19-11-14-5-6-17(15(18)9-14)20(4)16-7-8-21-13(16)3/h5-6,9,12-13,16,19H,7-8,10-11H2,1-4H3. The van der Waals surface area contributed by atoms with Crippen molar-refractivity contribution in [3.63, 3.8) is 0 Å². The quantitative estimate of drug-likeness (QED) is 0.840. The third kappa shape index (κ3) is 4.44. The van der Waals surface area contributed by atoms with Gasteiger partial charge in [0.15, 0.2) is 0 Å². The van der Waals surface area contributed by atoms with Crippen LogP contribution in [0, 0.1) is 5.92 Å². The van der Waals surface area contributed by atoms with E-state index in [4.69, 9.17) is 4.74 Å². The first kappa shape index (κ1) is 16.8. The fourth-order valence-electron chi connectivity index (χ4n) is 2.86. The van der Waals surface area contributed by atoms with Gasteiger partial charge in [-0.15, -0.1) is 0 Å². The Morgan fingerprint density at radius 2 is 2.19 bits per heavy atom. The highest BCUT2D eigenvalue weighted by Crippen LogP contribution is 2.31. The average molecular weight is 355 g/mol. The van der Waals surface area contributed by atoms with E-state index in [1.165, 1.54) is 11.3 Å². The second kappa shape index (κ2) is 7.61. The smallest absolute Gasteiger partial charge is 0.0750 e. The van der Waals surface area contributed by atoms with Gasteiger partial charge < -0.3 is 15.0 Å². The van der Waals surface area contributed by atoms with E-state index >= 15 is 0 Å². The van der Waals surface area contributed by atoms with Crippen molar-refractivity contribution in [1.29, 1.82) is 0 Å². The molecule has 1 N–H and O–H groups in total. The highest BCUT2D eigenvalue weighted by Gasteiger charge is 2.28. The molecule has 21 heavy (non-hydrogen) atoms. The Bertz CT molecular complexity index is 464. The molecule has 0 bridgehead atoms. The summed E-state index contributed by atoms with van der Waals surface area (Å²) in [5, 5.41) is 3.48. The molecule has 1 heterocycles. The van der Waals surface area contributed by atoms with Crippen molar-refractivity contribution in [1.82, 2.24) is 5.32 Å². The van der Waals surface area contributed by atoms with Crippen molar-refractivity contribution in [3.8, 4) is 0 Å².